The Hall–Kier alpha value is -3.93. The lowest BCUT2D eigenvalue weighted by Crippen LogP contribution is -2.23. The topological polar surface area (TPSA) is 84.2 Å². The first-order valence-electron chi connectivity index (χ1n) is 8.75. The lowest BCUT2D eigenvalue weighted by molar-refractivity contribution is 0.102. The van der Waals surface area contributed by atoms with Gasteiger partial charge in [0.2, 0.25) is 0 Å². The number of carbonyl (C=O) groups excluding carboxylic acids is 1. The highest BCUT2D eigenvalue weighted by atomic mass is 16.3. The highest BCUT2D eigenvalue weighted by Gasteiger charge is 2.15. The Balaban J connectivity index is 1.62. The summed E-state index contributed by atoms with van der Waals surface area (Å²) in [7, 11) is 0. The summed E-state index contributed by atoms with van der Waals surface area (Å²) in [5, 5.41) is 13.7. The fraction of sp³-hybridized carbons (Fsp3) is 0.0455. The van der Waals surface area contributed by atoms with Gasteiger partial charge < -0.3 is 15.0 Å². The summed E-state index contributed by atoms with van der Waals surface area (Å²) in [4.78, 5) is 29.2. The third kappa shape index (κ3) is 3.61. The van der Waals surface area contributed by atoms with Gasteiger partial charge in [-0.15, -0.1) is 0 Å². The molecule has 0 fully saturated rings. The molecule has 1 amide bonds. The van der Waals surface area contributed by atoms with E-state index in [1.54, 1.807) is 6.07 Å². The SMILES string of the molecule is O=C(Nc1ccc2ccccc2n1)c1cn(Cc2ccccc2)c(=O)cc1O. The maximum absolute atomic E-state index is 12.7. The molecule has 4 rings (SSSR count). The average Bonchev–Trinajstić information content (AvgIpc) is 2.70. The van der Waals surface area contributed by atoms with Crippen LogP contribution in [0.25, 0.3) is 10.9 Å². The minimum atomic E-state index is -0.540. The van der Waals surface area contributed by atoms with Crippen LogP contribution in [0.15, 0.2) is 83.8 Å². The second-order valence-electron chi connectivity index (χ2n) is 6.37. The van der Waals surface area contributed by atoms with Crippen molar-refractivity contribution < 1.29 is 9.90 Å². The Morgan fingerprint density at radius 1 is 1.00 bits per heavy atom. The summed E-state index contributed by atoms with van der Waals surface area (Å²) in [6.45, 7) is 0.300. The molecule has 0 saturated heterocycles. The minimum Gasteiger partial charge on any atom is -0.507 e. The number of pyridine rings is 2. The Morgan fingerprint density at radius 2 is 1.75 bits per heavy atom. The monoisotopic (exact) mass is 371 g/mol. The van der Waals surface area contributed by atoms with Gasteiger partial charge in [0, 0.05) is 17.6 Å². The van der Waals surface area contributed by atoms with Crippen molar-refractivity contribution in [2.75, 3.05) is 5.32 Å². The zero-order valence-corrected chi connectivity index (χ0v) is 14.9. The highest BCUT2D eigenvalue weighted by Crippen LogP contribution is 2.18. The number of rotatable bonds is 4. The van der Waals surface area contributed by atoms with Crippen LogP contribution in [0, 0.1) is 0 Å². The summed E-state index contributed by atoms with van der Waals surface area (Å²) < 4.78 is 1.39. The van der Waals surface area contributed by atoms with Crippen LogP contribution in [0.1, 0.15) is 15.9 Å². The summed E-state index contributed by atoms with van der Waals surface area (Å²) in [5.41, 5.74) is 1.28. The van der Waals surface area contributed by atoms with Crippen LogP contribution < -0.4 is 10.9 Å². The molecule has 0 bridgehead atoms. The van der Waals surface area contributed by atoms with Gasteiger partial charge in [-0.05, 0) is 23.8 Å². The molecule has 0 atom stereocenters. The Kier molecular flexibility index (Phi) is 4.60. The molecule has 0 radical (unpaired) electrons. The molecule has 0 saturated carbocycles. The van der Waals surface area contributed by atoms with Crippen LogP contribution >= 0.6 is 0 Å². The van der Waals surface area contributed by atoms with E-state index in [-0.39, 0.29) is 16.9 Å². The fourth-order valence-electron chi connectivity index (χ4n) is 2.96. The molecule has 2 N–H and O–H groups in total. The zero-order chi connectivity index (χ0) is 19.5. The maximum Gasteiger partial charge on any atom is 0.262 e. The molecule has 4 aromatic rings. The molecule has 0 aliphatic rings. The van der Waals surface area contributed by atoms with Crippen molar-refractivity contribution in [1.82, 2.24) is 9.55 Å². The van der Waals surface area contributed by atoms with Crippen molar-refractivity contribution in [1.29, 1.82) is 0 Å². The molecule has 138 valence electrons. The highest BCUT2D eigenvalue weighted by molar-refractivity contribution is 6.05. The van der Waals surface area contributed by atoms with Gasteiger partial charge in [0.05, 0.1) is 17.6 Å². The van der Waals surface area contributed by atoms with Crippen molar-refractivity contribution in [3.63, 3.8) is 0 Å². The predicted octanol–water partition coefficient (Wildman–Crippen LogP) is 3.40. The first-order chi connectivity index (χ1) is 13.6. The largest absolute Gasteiger partial charge is 0.507 e. The van der Waals surface area contributed by atoms with E-state index < -0.39 is 5.91 Å². The van der Waals surface area contributed by atoms with Crippen LogP contribution in [0.4, 0.5) is 5.82 Å². The number of hydrogen-bond acceptors (Lipinski definition) is 4. The number of para-hydroxylation sites is 1. The smallest absolute Gasteiger partial charge is 0.262 e. The van der Waals surface area contributed by atoms with E-state index in [1.807, 2.05) is 60.7 Å². The van der Waals surface area contributed by atoms with E-state index in [0.717, 1.165) is 22.5 Å². The third-order valence-electron chi connectivity index (χ3n) is 4.38. The second kappa shape index (κ2) is 7.36. The first kappa shape index (κ1) is 17.5. The van der Waals surface area contributed by atoms with Crippen LogP contribution in [0.3, 0.4) is 0 Å². The fourth-order valence-corrected chi connectivity index (χ4v) is 2.96. The number of aromatic nitrogens is 2. The molecular weight excluding hydrogens is 354 g/mol. The normalized spacial score (nSPS) is 10.7. The van der Waals surface area contributed by atoms with Crippen molar-refractivity contribution in [2.24, 2.45) is 0 Å². The zero-order valence-electron chi connectivity index (χ0n) is 14.9. The number of carbonyl (C=O) groups is 1. The standard InChI is InChI=1S/C22H17N3O3/c26-19-12-21(27)25(13-15-6-2-1-3-7-15)14-17(19)22(28)24-20-11-10-16-8-4-5-9-18(16)23-20/h1-12,14,26H,13H2,(H,23,24,28). The Morgan fingerprint density at radius 3 is 2.57 bits per heavy atom. The molecule has 6 heteroatoms. The van der Waals surface area contributed by atoms with Gasteiger partial charge in [0.1, 0.15) is 11.6 Å². The molecule has 0 spiro atoms. The van der Waals surface area contributed by atoms with Crippen LogP contribution in [0.5, 0.6) is 5.75 Å². The van der Waals surface area contributed by atoms with E-state index in [1.165, 1.54) is 10.8 Å². The Bertz CT molecular complexity index is 1220. The summed E-state index contributed by atoms with van der Waals surface area (Å²) >= 11 is 0. The lowest BCUT2D eigenvalue weighted by atomic mass is 10.2. The van der Waals surface area contributed by atoms with Gasteiger partial charge in [-0.3, -0.25) is 9.59 Å². The van der Waals surface area contributed by atoms with E-state index >= 15 is 0 Å². The molecule has 0 unspecified atom stereocenters. The van der Waals surface area contributed by atoms with Gasteiger partial charge in [-0.1, -0.05) is 48.5 Å². The lowest BCUT2D eigenvalue weighted by Gasteiger charge is -2.11. The second-order valence-corrected chi connectivity index (χ2v) is 6.37. The van der Waals surface area contributed by atoms with Gasteiger partial charge in [0.25, 0.3) is 11.5 Å². The molecule has 28 heavy (non-hydrogen) atoms. The van der Waals surface area contributed by atoms with E-state index in [0.29, 0.717) is 12.4 Å². The average molecular weight is 371 g/mol. The Labute approximate surface area is 160 Å². The quantitative estimate of drug-likeness (QED) is 0.576. The number of fused-ring (bicyclic) bond motifs is 1. The summed E-state index contributed by atoms with van der Waals surface area (Å²) in [6.07, 6.45) is 1.36. The van der Waals surface area contributed by atoms with Crippen molar-refractivity contribution in [3.05, 3.63) is 100 Å². The minimum absolute atomic E-state index is 0.00508. The number of aromatic hydroxyl groups is 1. The first-order valence-corrected chi connectivity index (χ1v) is 8.75. The van der Waals surface area contributed by atoms with Gasteiger partial charge in [0.15, 0.2) is 0 Å². The number of amides is 1. The number of hydrogen-bond donors (Lipinski definition) is 2. The van der Waals surface area contributed by atoms with Crippen LogP contribution in [0.2, 0.25) is 0 Å². The van der Waals surface area contributed by atoms with E-state index in [9.17, 15) is 14.7 Å². The van der Waals surface area contributed by atoms with Crippen LogP contribution in [-0.4, -0.2) is 20.6 Å². The molecule has 0 aliphatic carbocycles. The summed E-state index contributed by atoms with van der Waals surface area (Å²) in [6, 6.07) is 21.6. The number of nitrogens with zero attached hydrogens (tertiary/aromatic N) is 2. The van der Waals surface area contributed by atoms with Gasteiger partial charge >= 0.3 is 0 Å². The third-order valence-corrected chi connectivity index (χ3v) is 4.38. The maximum atomic E-state index is 12.7. The molecular formula is C22H17N3O3. The molecule has 0 aliphatic heterocycles. The predicted molar refractivity (Wildman–Crippen MR) is 108 cm³/mol. The van der Waals surface area contributed by atoms with Crippen LogP contribution in [-0.2, 0) is 6.54 Å². The number of anilines is 1. The van der Waals surface area contributed by atoms with Crippen molar-refractivity contribution >= 4 is 22.6 Å². The van der Waals surface area contributed by atoms with E-state index in [2.05, 4.69) is 10.3 Å². The molecule has 6 nitrogen and oxygen atoms in total. The summed E-state index contributed by atoms with van der Waals surface area (Å²) in [5.74, 6) is -0.543. The molecule has 2 aromatic heterocycles. The molecule has 2 aromatic carbocycles. The van der Waals surface area contributed by atoms with Gasteiger partial charge in [-0.25, -0.2) is 4.98 Å². The number of nitrogens with one attached hydrogen (secondary N) is 1. The number of benzene rings is 2. The molecule has 2 heterocycles. The van der Waals surface area contributed by atoms with E-state index in [4.69, 9.17) is 0 Å². The van der Waals surface area contributed by atoms with Crippen molar-refractivity contribution in [2.45, 2.75) is 6.54 Å². The van der Waals surface area contributed by atoms with Crippen molar-refractivity contribution in [3.8, 4) is 5.75 Å². The van der Waals surface area contributed by atoms with Gasteiger partial charge in [-0.2, -0.15) is 0 Å².